The lowest BCUT2D eigenvalue weighted by Crippen LogP contribution is -2.44. The molecule has 6 nitrogen and oxygen atoms in total. The van der Waals surface area contributed by atoms with Crippen LogP contribution < -0.4 is 15.1 Å². The third-order valence-electron chi connectivity index (χ3n) is 7.53. The molecule has 1 N–H and O–H groups in total. The zero-order chi connectivity index (χ0) is 27.4. The molecule has 0 saturated carbocycles. The Morgan fingerprint density at radius 2 is 1.54 bits per heavy atom. The summed E-state index contributed by atoms with van der Waals surface area (Å²) in [5, 5.41) is 12.8. The fourth-order valence-corrected chi connectivity index (χ4v) is 5.44. The smallest absolute Gasteiger partial charge is 0.336 e. The Morgan fingerprint density at radius 3 is 2.13 bits per heavy atom. The largest absolute Gasteiger partial charge is 0.493 e. The van der Waals surface area contributed by atoms with Crippen molar-refractivity contribution in [2.75, 3.05) is 33.4 Å². The normalized spacial score (nSPS) is 15.0. The Labute approximate surface area is 225 Å². The lowest BCUT2D eigenvalue weighted by Gasteiger charge is -2.42. The molecule has 4 aromatic rings. The number of likely N-dealkylation sites (tertiary alicyclic amines) is 1. The highest BCUT2D eigenvalue weighted by Crippen LogP contribution is 2.42. The Bertz CT molecular complexity index is 1420. The van der Waals surface area contributed by atoms with Gasteiger partial charge in [-0.1, -0.05) is 24.3 Å². The predicted octanol–water partition coefficient (Wildman–Crippen LogP) is 5.50. The quantitative estimate of drug-likeness (QED) is 0.226. The molecule has 0 atom stereocenters. The number of benzene rings is 3. The van der Waals surface area contributed by atoms with Crippen molar-refractivity contribution in [1.82, 2.24) is 4.90 Å². The average Bonchev–Trinajstić information content (AvgIpc) is 2.95. The molecule has 2 heterocycles. The van der Waals surface area contributed by atoms with E-state index in [0.717, 1.165) is 44.3 Å². The van der Waals surface area contributed by atoms with Gasteiger partial charge < -0.3 is 23.9 Å². The number of methoxy groups -OCH3 is 1. The van der Waals surface area contributed by atoms with Gasteiger partial charge in [0.25, 0.3) is 0 Å². The van der Waals surface area contributed by atoms with Crippen LogP contribution in [0.3, 0.4) is 0 Å². The molecule has 1 aliphatic rings. The molecule has 0 aliphatic carbocycles. The van der Waals surface area contributed by atoms with Gasteiger partial charge in [0.05, 0.1) is 13.7 Å². The third kappa shape index (κ3) is 5.82. The standard InChI is InChI=1S/C31H31F2NO5/c1-37-28-19-21-3-12-30(35)39-27(21)20-29(28)38-18-2-15-34-16-13-24(14-17-34)31(36,22-4-8-25(32)9-5-22)23-6-10-26(33)11-7-23/h3-12,19-20,24,36H,2,13-18H2,1H3. The summed E-state index contributed by atoms with van der Waals surface area (Å²) in [5.41, 5.74) is -0.133. The molecule has 0 radical (unpaired) electrons. The molecule has 0 bridgehead atoms. The second-order valence-electron chi connectivity index (χ2n) is 9.89. The Balaban J connectivity index is 1.20. The molecule has 1 aromatic heterocycles. The van der Waals surface area contributed by atoms with E-state index >= 15 is 0 Å². The molecule has 1 saturated heterocycles. The van der Waals surface area contributed by atoms with E-state index < -0.39 is 11.2 Å². The van der Waals surface area contributed by atoms with Crippen LogP contribution in [0.15, 0.2) is 82.0 Å². The van der Waals surface area contributed by atoms with Crippen LogP contribution >= 0.6 is 0 Å². The van der Waals surface area contributed by atoms with Crippen molar-refractivity contribution >= 4 is 11.0 Å². The van der Waals surface area contributed by atoms with E-state index in [4.69, 9.17) is 13.9 Å². The first-order valence-electron chi connectivity index (χ1n) is 13.1. The molecule has 1 aliphatic heterocycles. The topological polar surface area (TPSA) is 72.1 Å². The molecular formula is C31H31F2NO5. The third-order valence-corrected chi connectivity index (χ3v) is 7.53. The van der Waals surface area contributed by atoms with Crippen LogP contribution in [0, 0.1) is 17.6 Å². The summed E-state index contributed by atoms with van der Waals surface area (Å²) in [4.78, 5) is 13.9. The number of hydrogen-bond donors (Lipinski definition) is 1. The molecule has 5 rings (SSSR count). The van der Waals surface area contributed by atoms with Crippen molar-refractivity contribution in [3.8, 4) is 11.5 Å². The number of fused-ring (bicyclic) bond motifs is 1. The summed E-state index contributed by atoms with van der Waals surface area (Å²) in [6, 6.07) is 18.3. The van der Waals surface area contributed by atoms with E-state index in [9.17, 15) is 18.7 Å². The van der Waals surface area contributed by atoms with Crippen LogP contribution in [0.4, 0.5) is 8.78 Å². The number of ether oxygens (including phenoxy) is 2. The van der Waals surface area contributed by atoms with E-state index in [-0.39, 0.29) is 17.6 Å². The van der Waals surface area contributed by atoms with Gasteiger partial charge in [0.2, 0.25) is 0 Å². The second-order valence-corrected chi connectivity index (χ2v) is 9.89. The monoisotopic (exact) mass is 535 g/mol. The van der Waals surface area contributed by atoms with Crippen LogP contribution in [0.25, 0.3) is 11.0 Å². The van der Waals surface area contributed by atoms with Crippen LogP contribution in [-0.4, -0.2) is 43.4 Å². The van der Waals surface area contributed by atoms with Crippen molar-refractivity contribution in [3.05, 3.63) is 106 Å². The molecule has 0 amide bonds. The molecular weight excluding hydrogens is 504 g/mol. The maximum Gasteiger partial charge on any atom is 0.336 e. The van der Waals surface area contributed by atoms with Crippen molar-refractivity contribution in [2.45, 2.75) is 24.9 Å². The summed E-state index contributed by atoms with van der Waals surface area (Å²) >= 11 is 0. The van der Waals surface area contributed by atoms with Gasteiger partial charge in [0, 0.05) is 24.1 Å². The van der Waals surface area contributed by atoms with E-state index in [1.54, 1.807) is 49.6 Å². The number of piperidine rings is 1. The van der Waals surface area contributed by atoms with Crippen molar-refractivity contribution in [1.29, 1.82) is 0 Å². The zero-order valence-corrected chi connectivity index (χ0v) is 21.7. The lowest BCUT2D eigenvalue weighted by molar-refractivity contribution is -0.0147. The molecule has 0 spiro atoms. The molecule has 39 heavy (non-hydrogen) atoms. The summed E-state index contributed by atoms with van der Waals surface area (Å²) < 4.78 is 43.9. The van der Waals surface area contributed by atoms with E-state index in [2.05, 4.69) is 4.90 Å². The molecule has 8 heteroatoms. The minimum Gasteiger partial charge on any atom is -0.493 e. The highest BCUT2D eigenvalue weighted by atomic mass is 19.1. The van der Waals surface area contributed by atoms with Gasteiger partial charge in [-0.15, -0.1) is 0 Å². The molecule has 1 fully saturated rings. The Morgan fingerprint density at radius 1 is 0.923 bits per heavy atom. The van der Waals surface area contributed by atoms with Crippen LogP contribution in [0.5, 0.6) is 11.5 Å². The summed E-state index contributed by atoms with van der Waals surface area (Å²) in [5.74, 6) is 0.225. The summed E-state index contributed by atoms with van der Waals surface area (Å²) in [6.07, 6.45) is 2.22. The SMILES string of the molecule is COc1cc2ccc(=O)oc2cc1OCCCN1CCC(C(O)(c2ccc(F)cc2)c2ccc(F)cc2)CC1. The average molecular weight is 536 g/mol. The zero-order valence-electron chi connectivity index (χ0n) is 21.7. The number of rotatable bonds is 9. The first kappa shape index (κ1) is 26.8. The van der Waals surface area contributed by atoms with Crippen LogP contribution in [-0.2, 0) is 5.60 Å². The van der Waals surface area contributed by atoms with Crippen LogP contribution in [0.2, 0.25) is 0 Å². The van der Waals surface area contributed by atoms with Gasteiger partial charge >= 0.3 is 5.63 Å². The number of hydrogen-bond acceptors (Lipinski definition) is 6. The van der Waals surface area contributed by atoms with Gasteiger partial charge in [0.1, 0.15) is 22.8 Å². The van der Waals surface area contributed by atoms with Crippen molar-refractivity contribution in [3.63, 3.8) is 0 Å². The summed E-state index contributed by atoms with van der Waals surface area (Å²) in [7, 11) is 1.57. The predicted molar refractivity (Wildman–Crippen MR) is 144 cm³/mol. The summed E-state index contributed by atoms with van der Waals surface area (Å²) in [6.45, 7) is 2.82. The molecule has 0 unspecified atom stereocenters. The van der Waals surface area contributed by atoms with Gasteiger partial charge in [-0.3, -0.25) is 0 Å². The van der Waals surface area contributed by atoms with E-state index in [1.165, 1.54) is 30.3 Å². The van der Waals surface area contributed by atoms with Crippen molar-refractivity contribution < 1.29 is 27.8 Å². The van der Waals surface area contributed by atoms with Crippen molar-refractivity contribution in [2.24, 2.45) is 5.92 Å². The maximum atomic E-state index is 13.6. The van der Waals surface area contributed by atoms with E-state index in [0.29, 0.717) is 34.8 Å². The maximum absolute atomic E-state index is 13.6. The van der Waals surface area contributed by atoms with Gasteiger partial charge in [-0.2, -0.15) is 0 Å². The Hall–Kier alpha value is -3.75. The molecule has 204 valence electrons. The lowest BCUT2D eigenvalue weighted by atomic mass is 9.72. The van der Waals surface area contributed by atoms with E-state index in [1.807, 2.05) is 0 Å². The van der Waals surface area contributed by atoms with Crippen LogP contribution in [0.1, 0.15) is 30.4 Å². The minimum atomic E-state index is -1.35. The molecule has 3 aromatic carbocycles. The van der Waals surface area contributed by atoms with Gasteiger partial charge in [0.15, 0.2) is 11.5 Å². The fourth-order valence-electron chi connectivity index (χ4n) is 5.44. The fraction of sp³-hybridized carbons (Fsp3) is 0.323. The highest BCUT2D eigenvalue weighted by Gasteiger charge is 2.41. The first-order chi connectivity index (χ1) is 18.9. The number of aliphatic hydroxyl groups is 1. The minimum absolute atomic E-state index is 0.113. The Kier molecular flexibility index (Phi) is 7.95. The number of halogens is 2. The van der Waals surface area contributed by atoms with Gasteiger partial charge in [-0.25, -0.2) is 13.6 Å². The highest BCUT2D eigenvalue weighted by molar-refractivity contribution is 5.80. The first-order valence-corrected chi connectivity index (χ1v) is 13.1. The number of nitrogens with zero attached hydrogens (tertiary/aromatic N) is 1. The second kappa shape index (κ2) is 11.6. The van der Waals surface area contributed by atoms with Gasteiger partial charge in [-0.05, 0) is 85.8 Å².